The largest absolute Gasteiger partial charge is 0.454 e. The highest BCUT2D eigenvalue weighted by Gasteiger charge is 2.28. The van der Waals surface area contributed by atoms with Gasteiger partial charge in [-0.05, 0) is 53.8 Å². The number of benzene rings is 3. The first-order valence-electron chi connectivity index (χ1n) is 12.0. The second-order valence-corrected chi connectivity index (χ2v) is 8.96. The van der Waals surface area contributed by atoms with Gasteiger partial charge in [-0.3, -0.25) is 9.59 Å². The fourth-order valence-corrected chi connectivity index (χ4v) is 4.60. The first kappa shape index (κ1) is 23.6. The Morgan fingerprint density at radius 3 is 2.14 bits per heavy atom. The molecule has 3 atom stereocenters. The van der Waals surface area contributed by atoms with Crippen LogP contribution < -0.4 is 20.1 Å². The molecule has 0 aromatic heterocycles. The number of nitrogens with one attached hydrogen (secondary N) is 2. The maximum absolute atomic E-state index is 13.6. The molecule has 5 rings (SSSR count). The minimum absolute atomic E-state index is 0.00881. The van der Waals surface area contributed by atoms with E-state index in [1.807, 2.05) is 60.7 Å². The van der Waals surface area contributed by atoms with Crippen molar-refractivity contribution in [2.75, 3.05) is 6.79 Å². The summed E-state index contributed by atoms with van der Waals surface area (Å²) in [6.07, 6.45) is 5.06. The molecule has 2 aliphatic heterocycles. The molecule has 0 bridgehead atoms. The summed E-state index contributed by atoms with van der Waals surface area (Å²) < 4.78 is 24.5. The van der Waals surface area contributed by atoms with Gasteiger partial charge in [-0.1, -0.05) is 60.7 Å². The van der Waals surface area contributed by atoms with Gasteiger partial charge < -0.3 is 20.1 Å². The third-order valence-corrected chi connectivity index (χ3v) is 6.54. The molecule has 0 unspecified atom stereocenters. The fraction of sp³-hybridized carbons (Fsp3) is 0.241. The van der Waals surface area contributed by atoms with Crippen molar-refractivity contribution in [1.29, 1.82) is 0 Å². The molecule has 0 radical (unpaired) electrons. The summed E-state index contributed by atoms with van der Waals surface area (Å²) >= 11 is 0. The monoisotopic (exact) mass is 486 g/mol. The lowest BCUT2D eigenvalue weighted by Crippen LogP contribution is -2.37. The van der Waals surface area contributed by atoms with Gasteiger partial charge in [0, 0.05) is 6.42 Å². The summed E-state index contributed by atoms with van der Waals surface area (Å²) in [6, 6.07) is 20.4. The number of amides is 2. The minimum atomic E-state index is -0.667. The van der Waals surface area contributed by atoms with Crippen molar-refractivity contribution < 1.29 is 23.5 Å². The van der Waals surface area contributed by atoms with Gasteiger partial charge in [0.15, 0.2) is 11.5 Å². The van der Waals surface area contributed by atoms with E-state index in [0.717, 1.165) is 16.7 Å². The molecule has 2 N–H and O–H groups in total. The Kier molecular flexibility index (Phi) is 6.98. The molecule has 0 spiro atoms. The number of ether oxygens (including phenoxy) is 2. The van der Waals surface area contributed by atoms with Crippen LogP contribution in [0.25, 0.3) is 0 Å². The van der Waals surface area contributed by atoms with E-state index in [2.05, 4.69) is 10.6 Å². The lowest BCUT2D eigenvalue weighted by atomic mass is 9.92. The quantitative estimate of drug-likeness (QED) is 0.506. The smallest absolute Gasteiger partial charge is 0.231 e. The molecule has 2 heterocycles. The van der Waals surface area contributed by atoms with E-state index in [1.165, 1.54) is 12.1 Å². The Hall–Kier alpha value is -4.13. The zero-order valence-corrected chi connectivity index (χ0v) is 19.7. The van der Waals surface area contributed by atoms with Crippen LogP contribution in [0.2, 0.25) is 0 Å². The highest BCUT2D eigenvalue weighted by atomic mass is 19.1. The number of fused-ring (bicyclic) bond motifs is 1. The van der Waals surface area contributed by atoms with Crippen molar-refractivity contribution in [2.45, 2.75) is 37.3 Å². The summed E-state index contributed by atoms with van der Waals surface area (Å²) in [6.45, 7) is 0.172. The topological polar surface area (TPSA) is 76.7 Å². The molecule has 3 aromatic rings. The summed E-state index contributed by atoms with van der Waals surface area (Å²) in [7, 11) is 0. The molecule has 0 saturated carbocycles. The highest BCUT2D eigenvalue weighted by Crippen LogP contribution is 2.35. The number of hydrogen-bond acceptors (Lipinski definition) is 4. The summed E-state index contributed by atoms with van der Waals surface area (Å²) in [5, 5.41) is 6.19. The standard InChI is InChI=1S/C29H27FN2O4/c30-22-13-10-20(11-14-22)24-8-4-5-9-25(21-12-15-26-27(16-21)36-18-35-26)32-29(34)23(17-28(33)31-24)19-6-2-1-3-7-19/h1-7,10-16,23-25H,8-9,17-18H2,(H,31,33)(H,32,34)/b5-4-/t23-,24-,25+/m1/s1. The Labute approximate surface area is 209 Å². The Morgan fingerprint density at radius 1 is 0.722 bits per heavy atom. The summed E-state index contributed by atoms with van der Waals surface area (Å²) in [5.41, 5.74) is 2.46. The van der Waals surface area contributed by atoms with E-state index in [9.17, 15) is 14.0 Å². The van der Waals surface area contributed by atoms with E-state index in [4.69, 9.17) is 9.47 Å². The van der Waals surface area contributed by atoms with Gasteiger partial charge in [-0.2, -0.15) is 0 Å². The van der Waals surface area contributed by atoms with E-state index in [1.54, 1.807) is 12.1 Å². The predicted octanol–water partition coefficient (Wildman–Crippen LogP) is 5.09. The number of rotatable bonds is 3. The van der Waals surface area contributed by atoms with Gasteiger partial charge >= 0.3 is 0 Å². The molecular weight excluding hydrogens is 459 g/mol. The third-order valence-electron chi connectivity index (χ3n) is 6.54. The van der Waals surface area contributed by atoms with Gasteiger partial charge in [-0.25, -0.2) is 4.39 Å². The van der Waals surface area contributed by atoms with E-state index in [0.29, 0.717) is 24.3 Å². The van der Waals surface area contributed by atoms with E-state index >= 15 is 0 Å². The molecule has 0 fully saturated rings. The van der Waals surface area contributed by atoms with Crippen molar-refractivity contribution in [2.24, 2.45) is 0 Å². The number of carbonyl (C=O) groups is 2. The van der Waals surface area contributed by atoms with Crippen LogP contribution in [0.15, 0.2) is 84.9 Å². The van der Waals surface area contributed by atoms with Gasteiger partial charge in [0.25, 0.3) is 0 Å². The van der Waals surface area contributed by atoms with Crippen molar-refractivity contribution in [3.05, 3.63) is 107 Å². The van der Waals surface area contributed by atoms with Crippen LogP contribution in [0, 0.1) is 5.82 Å². The van der Waals surface area contributed by atoms with E-state index < -0.39 is 5.92 Å². The molecule has 0 saturated heterocycles. The zero-order chi connectivity index (χ0) is 24.9. The van der Waals surface area contributed by atoms with E-state index in [-0.39, 0.29) is 42.9 Å². The Balaban J connectivity index is 1.48. The molecule has 36 heavy (non-hydrogen) atoms. The predicted molar refractivity (Wildman–Crippen MR) is 133 cm³/mol. The van der Waals surface area contributed by atoms with Crippen molar-refractivity contribution >= 4 is 11.8 Å². The maximum Gasteiger partial charge on any atom is 0.231 e. The maximum atomic E-state index is 13.6. The summed E-state index contributed by atoms with van der Waals surface area (Å²) in [4.78, 5) is 26.7. The molecule has 2 aliphatic rings. The molecule has 7 heteroatoms. The van der Waals surface area contributed by atoms with Crippen LogP contribution in [-0.2, 0) is 9.59 Å². The van der Waals surface area contributed by atoms with Crippen molar-refractivity contribution in [3.63, 3.8) is 0 Å². The molecule has 3 aromatic carbocycles. The van der Waals surface area contributed by atoms with Crippen molar-refractivity contribution in [3.8, 4) is 11.5 Å². The second-order valence-electron chi connectivity index (χ2n) is 8.96. The zero-order valence-electron chi connectivity index (χ0n) is 19.7. The van der Waals surface area contributed by atoms with Crippen LogP contribution in [0.3, 0.4) is 0 Å². The van der Waals surface area contributed by atoms with Crippen molar-refractivity contribution in [1.82, 2.24) is 10.6 Å². The van der Waals surface area contributed by atoms with Gasteiger partial charge in [-0.15, -0.1) is 0 Å². The minimum Gasteiger partial charge on any atom is -0.454 e. The first-order chi connectivity index (χ1) is 17.6. The average Bonchev–Trinajstić information content (AvgIpc) is 3.36. The number of carbonyl (C=O) groups excluding carboxylic acids is 2. The normalized spacial score (nSPS) is 23.1. The molecule has 0 aliphatic carbocycles. The SMILES string of the molecule is O=C1C[C@H](c2ccccc2)C(=O)N[C@H](c2ccc3c(c2)OCO3)C/C=C\C[C@H](c2ccc(F)cc2)N1. The second kappa shape index (κ2) is 10.6. The lowest BCUT2D eigenvalue weighted by Gasteiger charge is -2.25. The van der Waals surface area contributed by atoms with Gasteiger partial charge in [0.05, 0.1) is 18.0 Å². The van der Waals surface area contributed by atoms with Gasteiger partial charge in [0.2, 0.25) is 18.6 Å². The van der Waals surface area contributed by atoms with Gasteiger partial charge in [0.1, 0.15) is 5.82 Å². The Morgan fingerprint density at radius 2 is 1.39 bits per heavy atom. The Bertz CT molecular complexity index is 1260. The van der Waals surface area contributed by atoms with Crippen LogP contribution >= 0.6 is 0 Å². The summed E-state index contributed by atoms with van der Waals surface area (Å²) in [5.74, 6) is -0.156. The van der Waals surface area contributed by atoms with Crippen LogP contribution in [0.5, 0.6) is 11.5 Å². The molecule has 6 nitrogen and oxygen atoms in total. The number of hydrogen-bond donors (Lipinski definition) is 2. The van der Waals surface area contributed by atoms with Crippen LogP contribution in [-0.4, -0.2) is 18.6 Å². The lowest BCUT2D eigenvalue weighted by molar-refractivity contribution is -0.128. The highest BCUT2D eigenvalue weighted by molar-refractivity contribution is 5.90. The molecular formula is C29H27FN2O4. The van der Waals surface area contributed by atoms with Crippen LogP contribution in [0.4, 0.5) is 4.39 Å². The third kappa shape index (κ3) is 5.40. The number of halogens is 1. The molecule has 184 valence electrons. The van der Waals surface area contributed by atoms with Crippen LogP contribution in [0.1, 0.15) is 54.0 Å². The molecule has 2 amide bonds. The first-order valence-corrected chi connectivity index (χ1v) is 12.0. The average molecular weight is 487 g/mol. The fourth-order valence-electron chi connectivity index (χ4n) is 4.60.